The molecule has 1 aromatic carbocycles. The molecule has 118 valence electrons. The number of fused-ring (bicyclic) bond motifs is 1. The summed E-state index contributed by atoms with van der Waals surface area (Å²) < 4.78 is 0. The summed E-state index contributed by atoms with van der Waals surface area (Å²) in [5.41, 5.74) is 3.73. The molecule has 8 heteroatoms. The van der Waals surface area contributed by atoms with E-state index in [4.69, 9.17) is 23.2 Å². The van der Waals surface area contributed by atoms with Crippen LogP contribution < -0.4 is 16.1 Å². The van der Waals surface area contributed by atoms with Gasteiger partial charge in [-0.25, -0.2) is 15.0 Å². The molecular formula is C15H13Cl2N5O. The van der Waals surface area contributed by atoms with Crippen LogP contribution in [0.4, 0.5) is 0 Å². The number of rotatable bonds is 2. The SMILES string of the molecule is CNN=C1CN(O)C(c2ccccc2Cl)=c2nc(Cl)ccc2=N1. The zero-order valence-corrected chi connectivity index (χ0v) is 13.7. The molecule has 0 saturated heterocycles. The Kier molecular flexibility index (Phi) is 4.47. The molecule has 1 aliphatic rings. The zero-order valence-electron chi connectivity index (χ0n) is 12.2. The van der Waals surface area contributed by atoms with Gasteiger partial charge < -0.3 is 5.43 Å². The first-order valence-electron chi connectivity index (χ1n) is 6.80. The van der Waals surface area contributed by atoms with E-state index in [-0.39, 0.29) is 6.54 Å². The monoisotopic (exact) mass is 349 g/mol. The molecule has 2 heterocycles. The van der Waals surface area contributed by atoms with Gasteiger partial charge in [0.05, 0.1) is 10.4 Å². The number of halogens is 2. The Hall–Kier alpha value is -2.15. The number of amidine groups is 1. The van der Waals surface area contributed by atoms with Crippen LogP contribution in [-0.2, 0) is 0 Å². The van der Waals surface area contributed by atoms with E-state index < -0.39 is 0 Å². The quantitative estimate of drug-likeness (QED) is 0.634. The fraction of sp³-hybridized carbons (Fsp3) is 0.133. The summed E-state index contributed by atoms with van der Waals surface area (Å²) in [7, 11) is 1.66. The van der Waals surface area contributed by atoms with Crippen molar-refractivity contribution in [3.8, 4) is 0 Å². The van der Waals surface area contributed by atoms with Crippen molar-refractivity contribution < 1.29 is 5.21 Å². The van der Waals surface area contributed by atoms with Crippen LogP contribution in [0.25, 0.3) is 5.70 Å². The molecule has 23 heavy (non-hydrogen) atoms. The summed E-state index contributed by atoms with van der Waals surface area (Å²) >= 11 is 12.3. The van der Waals surface area contributed by atoms with E-state index in [2.05, 4.69) is 20.5 Å². The maximum absolute atomic E-state index is 10.5. The van der Waals surface area contributed by atoms with Crippen LogP contribution in [0.2, 0.25) is 10.2 Å². The van der Waals surface area contributed by atoms with Crippen molar-refractivity contribution in [1.82, 2.24) is 15.5 Å². The number of hydrogen-bond donors (Lipinski definition) is 2. The van der Waals surface area contributed by atoms with Gasteiger partial charge in [0, 0.05) is 12.6 Å². The van der Waals surface area contributed by atoms with Crippen LogP contribution >= 0.6 is 23.2 Å². The smallest absolute Gasteiger partial charge is 0.170 e. The first-order valence-corrected chi connectivity index (χ1v) is 7.56. The molecule has 0 aliphatic carbocycles. The van der Waals surface area contributed by atoms with Crippen molar-refractivity contribution in [2.45, 2.75) is 0 Å². The van der Waals surface area contributed by atoms with E-state index in [1.807, 2.05) is 12.1 Å². The Labute approximate surface area is 142 Å². The number of benzene rings is 1. The highest BCUT2D eigenvalue weighted by Crippen LogP contribution is 2.23. The molecule has 3 rings (SSSR count). The summed E-state index contributed by atoms with van der Waals surface area (Å²) in [5, 5.41) is 17.4. The van der Waals surface area contributed by atoms with Crippen molar-refractivity contribution in [2.24, 2.45) is 10.1 Å². The molecule has 1 aliphatic heterocycles. The molecule has 0 saturated carbocycles. The van der Waals surface area contributed by atoms with Gasteiger partial charge in [0.2, 0.25) is 0 Å². The maximum atomic E-state index is 10.5. The van der Waals surface area contributed by atoms with Gasteiger partial charge in [0.1, 0.15) is 22.7 Å². The molecule has 0 spiro atoms. The van der Waals surface area contributed by atoms with E-state index in [9.17, 15) is 5.21 Å². The molecule has 1 aromatic heterocycles. The number of pyridine rings is 1. The lowest BCUT2D eigenvalue weighted by Gasteiger charge is -2.19. The number of hydrogen-bond acceptors (Lipinski definition) is 5. The average molecular weight is 350 g/mol. The third kappa shape index (κ3) is 3.14. The highest BCUT2D eigenvalue weighted by atomic mass is 35.5. The second kappa shape index (κ2) is 6.54. The predicted octanol–water partition coefficient (Wildman–Crippen LogP) is 1.40. The van der Waals surface area contributed by atoms with E-state index in [0.717, 1.165) is 5.06 Å². The Morgan fingerprint density at radius 3 is 2.74 bits per heavy atom. The Bertz CT molecular complexity index is 897. The molecule has 0 fully saturated rings. The highest BCUT2D eigenvalue weighted by Gasteiger charge is 2.20. The number of nitrogens with zero attached hydrogens (tertiary/aromatic N) is 4. The van der Waals surface area contributed by atoms with Gasteiger partial charge in [-0.15, -0.1) is 0 Å². The fourth-order valence-electron chi connectivity index (χ4n) is 2.31. The van der Waals surface area contributed by atoms with Crippen LogP contribution in [0.5, 0.6) is 0 Å². The van der Waals surface area contributed by atoms with Gasteiger partial charge in [0.25, 0.3) is 0 Å². The van der Waals surface area contributed by atoms with Crippen LogP contribution in [0, 0.1) is 0 Å². The van der Waals surface area contributed by atoms with Crippen molar-refractivity contribution in [3.05, 3.63) is 62.8 Å². The third-order valence-corrected chi connectivity index (χ3v) is 3.77. The number of hydroxylamine groups is 2. The van der Waals surface area contributed by atoms with Gasteiger partial charge in [-0.2, -0.15) is 5.10 Å². The lowest BCUT2D eigenvalue weighted by molar-refractivity contribution is -0.0122. The van der Waals surface area contributed by atoms with E-state index >= 15 is 0 Å². The Morgan fingerprint density at radius 1 is 1.22 bits per heavy atom. The zero-order chi connectivity index (χ0) is 16.4. The van der Waals surface area contributed by atoms with Crippen LogP contribution in [0.1, 0.15) is 5.56 Å². The number of hydrazone groups is 1. The summed E-state index contributed by atoms with van der Waals surface area (Å²) in [4.78, 5) is 8.74. The lowest BCUT2D eigenvalue weighted by atomic mass is 10.1. The molecule has 0 radical (unpaired) electrons. The largest absolute Gasteiger partial charge is 0.311 e. The first kappa shape index (κ1) is 15.7. The molecule has 2 N–H and O–H groups in total. The van der Waals surface area contributed by atoms with E-state index in [1.54, 1.807) is 31.3 Å². The average Bonchev–Trinajstić information content (AvgIpc) is 2.64. The number of nitrogens with one attached hydrogen (secondary N) is 1. The van der Waals surface area contributed by atoms with Crippen LogP contribution in [0.15, 0.2) is 46.5 Å². The van der Waals surface area contributed by atoms with Gasteiger partial charge >= 0.3 is 0 Å². The maximum Gasteiger partial charge on any atom is 0.170 e. The minimum atomic E-state index is 0.0787. The number of aromatic nitrogens is 1. The normalized spacial score (nSPS) is 15.9. The summed E-state index contributed by atoms with van der Waals surface area (Å²) in [6, 6.07) is 10.6. The molecule has 0 bridgehead atoms. The predicted molar refractivity (Wildman–Crippen MR) is 89.0 cm³/mol. The Balaban J connectivity index is 2.40. The van der Waals surface area contributed by atoms with Crippen molar-refractivity contribution in [1.29, 1.82) is 0 Å². The minimum Gasteiger partial charge on any atom is -0.311 e. The van der Waals surface area contributed by atoms with Crippen molar-refractivity contribution >= 4 is 34.7 Å². The second-order valence-corrected chi connectivity index (χ2v) is 5.55. The summed E-state index contributed by atoms with van der Waals surface area (Å²) in [6.07, 6.45) is 0. The standard InChI is InChI=1S/C15H13Cl2N5O/c1-18-21-13-8-22(23)15(9-4-2-3-5-10(9)16)14-11(19-13)6-7-12(17)20-14/h2-7,18,23H,8H2,1H3. The summed E-state index contributed by atoms with van der Waals surface area (Å²) in [5.74, 6) is 0.405. The molecule has 0 unspecified atom stereocenters. The van der Waals surface area contributed by atoms with E-state index in [1.165, 1.54) is 0 Å². The highest BCUT2D eigenvalue weighted by molar-refractivity contribution is 6.32. The van der Waals surface area contributed by atoms with Crippen molar-refractivity contribution in [3.63, 3.8) is 0 Å². The molecule has 6 nitrogen and oxygen atoms in total. The second-order valence-electron chi connectivity index (χ2n) is 4.75. The molecule has 0 atom stereocenters. The van der Waals surface area contributed by atoms with Gasteiger partial charge in [-0.3, -0.25) is 5.21 Å². The van der Waals surface area contributed by atoms with Gasteiger partial charge in [-0.1, -0.05) is 41.4 Å². The van der Waals surface area contributed by atoms with Gasteiger partial charge in [0.15, 0.2) is 5.84 Å². The minimum absolute atomic E-state index is 0.0787. The van der Waals surface area contributed by atoms with E-state index in [0.29, 0.717) is 38.0 Å². The van der Waals surface area contributed by atoms with Crippen LogP contribution in [-0.4, -0.2) is 34.7 Å². The fourth-order valence-corrected chi connectivity index (χ4v) is 2.68. The topological polar surface area (TPSA) is 73.1 Å². The summed E-state index contributed by atoms with van der Waals surface area (Å²) in [6.45, 7) is 0.0787. The third-order valence-electron chi connectivity index (χ3n) is 3.23. The van der Waals surface area contributed by atoms with Gasteiger partial charge in [-0.05, 0) is 18.2 Å². The molecular weight excluding hydrogens is 337 g/mol. The Morgan fingerprint density at radius 2 is 2.00 bits per heavy atom. The van der Waals surface area contributed by atoms with Crippen molar-refractivity contribution in [2.75, 3.05) is 13.6 Å². The first-order chi connectivity index (χ1) is 11.1. The lowest BCUT2D eigenvalue weighted by Crippen LogP contribution is -2.34. The molecule has 0 amide bonds. The molecule has 2 aromatic rings. The van der Waals surface area contributed by atoms with Crippen LogP contribution in [0.3, 0.4) is 0 Å².